The van der Waals surface area contributed by atoms with Crippen molar-refractivity contribution in [3.8, 4) is 0 Å². The molecule has 0 aliphatic heterocycles. The van der Waals surface area contributed by atoms with E-state index in [1.165, 1.54) is 0 Å². The number of benzene rings is 2. The molecular formula is C18H16ClF3N2O3. The van der Waals surface area contributed by atoms with Gasteiger partial charge in [0.05, 0.1) is 11.7 Å². The normalized spacial score (nSPS) is 12.3. The molecule has 2 rings (SSSR count). The number of aliphatic hydroxyl groups is 1. The Hall–Kier alpha value is -2.58. The van der Waals surface area contributed by atoms with Crippen molar-refractivity contribution in [2.75, 3.05) is 6.54 Å². The van der Waals surface area contributed by atoms with Crippen molar-refractivity contribution < 1.29 is 27.9 Å². The quantitative estimate of drug-likeness (QED) is 0.675. The van der Waals surface area contributed by atoms with Crippen molar-refractivity contribution >= 4 is 23.4 Å². The largest absolute Gasteiger partial charge is 0.416 e. The van der Waals surface area contributed by atoms with Gasteiger partial charge in [-0.15, -0.1) is 0 Å². The maximum absolute atomic E-state index is 12.5. The fourth-order valence-electron chi connectivity index (χ4n) is 2.15. The van der Waals surface area contributed by atoms with Gasteiger partial charge >= 0.3 is 18.0 Å². The number of hydrogen-bond acceptors (Lipinski definition) is 3. The highest BCUT2D eigenvalue weighted by molar-refractivity contribution is 6.35. The van der Waals surface area contributed by atoms with Crippen LogP contribution in [0, 0.1) is 0 Å². The van der Waals surface area contributed by atoms with Gasteiger partial charge in [0, 0.05) is 18.1 Å². The Labute approximate surface area is 158 Å². The van der Waals surface area contributed by atoms with Gasteiger partial charge in [0.1, 0.15) is 0 Å². The second-order valence-electron chi connectivity index (χ2n) is 5.65. The second kappa shape index (κ2) is 8.88. The van der Waals surface area contributed by atoms with Gasteiger partial charge in [0.2, 0.25) is 0 Å². The summed E-state index contributed by atoms with van der Waals surface area (Å²) in [7, 11) is 0. The summed E-state index contributed by atoms with van der Waals surface area (Å²) < 4.78 is 37.5. The van der Waals surface area contributed by atoms with Crippen LogP contribution in [0.15, 0.2) is 48.5 Å². The SMILES string of the molecule is O=C(NCc1ccc(Cl)cc1)C(=O)NCC(O)c1ccc(C(F)(F)F)cc1. The molecule has 0 aliphatic rings. The molecule has 9 heteroatoms. The lowest BCUT2D eigenvalue weighted by atomic mass is 10.1. The molecule has 0 bridgehead atoms. The number of hydrogen-bond donors (Lipinski definition) is 3. The molecular weight excluding hydrogens is 385 g/mol. The number of carbonyl (C=O) groups excluding carboxylic acids is 2. The molecule has 0 radical (unpaired) electrons. The Bertz CT molecular complexity index is 793. The van der Waals surface area contributed by atoms with Gasteiger partial charge in [-0.3, -0.25) is 9.59 Å². The number of amides is 2. The molecule has 0 aromatic heterocycles. The van der Waals surface area contributed by atoms with Gasteiger partial charge in [-0.05, 0) is 35.4 Å². The van der Waals surface area contributed by atoms with Crippen molar-refractivity contribution in [2.24, 2.45) is 0 Å². The summed E-state index contributed by atoms with van der Waals surface area (Å²) in [4.78, 5) is 23.5. The first kappa shape index (κ1) is 20.7. The predicted molar refractivity (Wildman–Crippen MR) is 92.7 cm³/mol. The molecule has 0 spiro atoms. The van der Waals surface area contributed by atoms with E-state index in [1.807, 2.05) is 0 Å². The Morgan fingerprint density at radius 2 is 1.52 bits per heavy atom. The zero-order valence-corrected chi connectivity index (χ0v) is 14.6. The van der Waals surface area contributed by atoms with E-state index >= 15 is 0 Å². The van der Waals surface area contributed by atoms with Crippen molar-refractivity contribution in [1.29, 1.82) is 0 Å². The highest BCUT2D eigenvalue weighted by Gasteiger charge is 2.30. The molecule has 0 aliphatic carbocycles. The molecule has 2 amide bonds. The van der Waals surface area contributed by atoms with Gasteiger partial charge in [-0.25, -0.2) is 0 Å². The molecule has 27 heavy (non-hydrogen) atoms. The maximum atomic E-state index is 12.5. The second-order valence-corrected chi connectivity index (χ2v) is 6.09. The van der Waals surface area contributed by atoms with Crippen LogP contribution in [0.5, 0.6) is 0 Å². The molecule has 2 aromatic rings. The van der Waals surface area contributed by atoms with Crippen molar-refractivity contribution in [3.63, 3.8) is 0 Å². The van der Waals surface area contributed by atoms with Crippen LogP contribution in [-0.4, -0.2) is 23.5 Å². The fraction of sp³-hybridized carbons (Fsp3) is 0.222. The Morgan fingerprint density at radius 1 is 0.963 bits per heavy atom. The van der Waals surface area contributed by atoms with E-state index in [4.69, 9.17) is 11.6 Å². The molecule has 0 saturated carbocycles. The first-order valence-electron chi connectivity index (χ1n) is 7.82. The highest BCUT2D eigenvalue weighted by atomic mass is 35.5. The lowest BCUT2D eigenvalue weighted by Crippen LogP contribution is -2.41. The zero-order chi connectivity index (χ0) is 20.0. The van der Waals surface area contributed by atoms with Crippen LogP contribution in [0.1, 0.15) is 22.8 Å². The summed E-state index contributed by atoms with van der Waals surface area (Å²) in [5, 5.41) is 15.1. The van der Waals surface area contributed by atoms with E-state index in [0.29, 0.717) is 5.02 Å². The van der Waals surface area contributed by atoms with Crippen LogP contribution in [-0.2, 0) is 22.3 Å². The van der Waals surface area contributed by atoms with E-state index in [1.54, 1.807) is 24.3 Å². The minimum atomic E-state index is -4.47. The minimum Gasteiger partial charge on any atom is -0.387 e. The number of aliphatic hydroxyl groups excluding tert-OH is 1. The molecule has 0 heterocycles. The van der Waals surface area contributed by atoms with E-state index in [-0.39, 0.29) is 18.7 Å². The lowest BCUT2D eigenvalue weighted by molar-refractivity contribution is -0.139. The summed E-state index contributed by atoms with van der Waals surface area (Å²) >= 11 is 5.75. The molecule has 144 valence electrons. The van der Waals surface area contributed by atoms with Crippen LogP contribution < -0.4 is 10.6 Å². The zero-order valence-electron chi connectivity index (χ0n) is 13.9. The summed E-state index contributed by atoms with van der Waals surface area (Å²) in [6.45, 7) is -0.205. The lowest BCUT2D eigenvalue weighted by Gasteiger charge is -2.13. The monoisotopic (exact) mass is 400 g/mol. The topological polar surface area (TPSA) is 78.4 Å². The van der Waals surface area contributed by atoms with Crippen LogP contribution in [0.3, 0.4) is 0 Å². The van der Waals surface area contributed by atoms with Gasteiger partial charge in [-0.2, -0.15) is 13.2 Å². The van der Waals surface area contributed by atoms with Crippen LogP contribution in [0.25, 0.3) is 0 Å². The van der Waals surface area contributed by atoms with Gasteiger partial charge < -0.3 is 15.7 Å². The fourth-order valence-corrected chi connectivity index (χ4v) is 2.27. The molecule has 1 unspecified atom stereocenters. The van der Waals surface area contributed by atoms with E-state index in [2.05, 4.69) is 10.6 Å². The number of halogens is 4. The standard InChI is InChI=1S/C18H16ClF3N2O3/c19-14-7-1-11(2-8-14)9-23-16(26)17(27)24-10-15(25)12-3-5-13(6-4-12)18(20,21)22/h1-8,15,25H,9-10H2,(H,23,26)(H,24,27). The van der Waals surface area contributed by atoms with E-state index < -0.39 is 29.7 Å². The third-order valence-corrected chi connectivity index (χ3v) is 3.90. The molecule has 2 aromatic carbocycles. The Kier molecular flexibility index (Phi) is 6.81. The maximum Gasteiger partial charge on any atom is 0.416 e. The van der Waals surface area contributed by atoms with Gasteiger partial charge in [-0.1, -0.05) is 35.9 Å². The first-order chi connectivity index (χ1) is 12.7. The summed E-state index contributed by atoms with van der Waals surface area (Å²) in [6, 6.07) is 10.6. The smallest absolute Gasteiger partial charge is 0.387 e. The van der Waals surface area contributed by atoms with Crippen molar-refractivity contribution in [2.45, 2.75) is 18.8 Å². The number of alkyl halides is 3. The Balaban J connectivity index is 1.81. The summed E-state index contributed by atoms with van der Waals surface area (Å²) in [6.07, 6.45) is -5.72. The predicted octanol–water partition coefficient (Wildman–Crippen LogP) is 2.82. The number of carbonyl (C=O) groups is 2. The number of nitrogens with one attached hydrogen (secondary N) is 2. The number of rotatable bonds is 5. The van der Waals surface area contributed by atoms with Crippen LogP contribution in [0.4, 0.5) is 13.2 Å². The molecule has 0 saturated heterocycles. The molecule has 3 N–H and O–H groups in total. The van der Waals surface area contributed by atoms with Crippen LogP contribution >= 0.6 is 11.6 Å². The minimum absolute atomic E-state index is 0.116. The average molecular weight is 401 g/mol. The summed E-state index contributed by atoms with van der Waals surface area (Å²) in [5.41, 5.74) is 0.0827. The van der Waals surface area contributed by atoms with E-state index in [9.17, 15) is 27.9 Å². The highest BCUT2D eigenvalue weighted by Crippen LogP contribution is 2.29. The van der Waals surface area contributed by atoms with Gasteiger partial charge in [0.25, 0.3) is 0 Å². The molecule has 1 atom stereocenters. The third-order valence-electron chi connectivity index (χ3n) is 3.65. The Morgan fingerprint density at radius 3 is 2.07 bits per heavy atom. The molecule has 0 fully saturated rings. The van der Waals surface area contributed by atoms with E-state index in [0.717, 1.165) is 29.8 Å². The van der Waals surface area contributed by atoms with Crippen molar-refractivity contribution in [1.82, 2.24) is 10.6 Å². The third kappa shape index (κ3) is 6.26. The van der Waals surface area contributed by atoms with Crippen molar-refractivity contribution in [3.05, 3.63) is 70.2 Å². The molecule has 5 nitrogen and oxygen atoms in total. The first-order valence-corrected chi connectivity index (χ1v) is 8.20. The average Bonchev–Trinajstić information content (AvgIpc) is 2.64. The summed E-state index contributed by atoms with van der Waals surface area (Å²) in [5.74, 6) is -1.86. The van der Waals surface area contributed by atoms with Crippen LogP contribution in [0.2, 0.25) is 5.02 Å². The van der Waals surface area contributed by atoms with Gasteiger partial charge in [0.15, 0.2) is 0 Å².